The van der Waals surface area contributed by atoms with Gasteiger partial charge in [-0.2, -0.15) is 13.2 Å². The average molecular weight is 451 g/mol. The molecule has 0 amide bonds. The summed E-state index contributed by atoms with van der Waals surface area (Å²) >= 11 is 0.935. The predicted molar refractivity (Wildman–Crippen MR) is 91.4 cm³/mol. The Labute approximate surface area is 193 Å². The predicted octanol–water partition coefficient (Wildman–Crippen LogP) is 0.977. The van der Waals surface area contributed by atoms with E-state index in [2.05, 4.69) is 4.98 Å². The molecule has 0 aliphatic rings. The van der Waals surface area contributed by atoms with Gasteiger partial charge in [-0.15, -0.1) is 11.3 Å². The van der Waals surface area contributed by atoms with Gasteiger partial charge in [0, 0.05) is 22.9 Å². The van der Waals surface area contributed by atoms with Crippen LogP contribution in [0.1, 0.15) is 32.2 Å². The van der Waals surface area contributed by atoms with Crippen LogP contribution in [0.5, 0.6) is 5.75 Å². The first-order valence-electron chi connectivity index (χ1n) is 8.06. The molecule has 0 atom stereocenters. The van der Waals surface area contributed by atoms with E-state index < -0.39 is 36.0 Å². The minimum Gasteiger partial charge on any atom is -0.543 e. The van der Waals surface area contributed by atoms with Crippen LogP contribution in [0, 0.1) is 11.6 Å². The van der Waals surface area contributed by atoms with E-state index in [4.69, 9.17) is 4.74 Å². The van der Waals surface area contributed by atoms with Crippen LogP contribution in [-0.4, -0.2) is 11.0 Å². The Hall–Kier alpha value is -2.01. The summed E-state index contributed by atoms with van der Waals surface area (Å²) in [7, 11) is 0. The summed E-state index contributed by atoms with van der Waals surface area (Å²) in [6.45, 7) is -0.413. The summed E-state index contributed by atoms with van der Waals surface area (Å²) in [5, 5.41) is 12.3. The third kappa shape index (κ3) is 5.78. The molecule has 0 saturated heterocycles. The van der Waals surface area contributed by atoms with Crippen molar-refractivity contribution < 1.29 is 66.1 Å². The Morgan fingerprint density at radius 3 is 2.50 bits per heavy atom. The summed E-state index contributed by atoms with van der Waals surface area (Å²) in [6, 6.07) is 6.21. The minimum atomic E-state index is -4.61. The number of ether oxygens (including phenoxy) is 1. The molecule has 0 spiro atoms. The number of halogens is 5. The van der Waals surface area contributed by atoms with Crippen LogP contribution in [-0.2, 0) is 19.2 Å². The number of benzene rings is 2. The van der Waals surface area contributed by atoms with Crippen LogP contribution in [0.2, 0.25) is 0 Å². The first kappa shape index (κ1) is 24.3. The number of aromatic nitrogens is 1. The number of hydrogen-bond acceptors (Lipinski definition) is 5. The number of aromatic carboxylic acids is 1. The smallest absolute Gasteiger partial charge is 0.543 e. The van der Waals surface area contributed by atoms with E-state index in [-0.39, 0.29) is 63.6 Å². The van der Waals surface area contributed by atoms with Crippen molar-refractivity contribution in [3.05, 3.63) is 80.8 Å². The minimum absolute atomic E-state index is 0. The molecular weight excluding hydrogens is 440 g/mol. The fourth-order valence-electron chi connectivity index (χ4n) is 2.50. The van der Waals surface area contributed by atoms with Gasteiger partial charge in [0.15, 0.2) is 11.6 Å². The van der Waals surface area contributed by atoms with Crippen molar-refractivity contribution in [1.29, 1.82) is 0 Å². The number of alkyl halides is 3. The molecular formula is C19H11F5NNaO3S. The molecule has 3 rings (SSSR count). The summed E-state index contributed by atoms with van der Waals surface area (Å²) in [6.07, 6.45) is -4.76. The standard InChI is InChI=1S/C19H12F5NO3S.Na/c20-13-3-1-2-10(17(13)21)8-28-15-5-4-12(19(22,23)24)6-11(15)7-16-25-14(9-29-16)18(26)27;/h1-6,9H,7-8H2,(H,26,27);/q;+1/p-1. The monoisotopic (exact) mass is 451 g/mol. The Kier molecular flexibility index (Phi) is 7.98. The molecule has 0 aliphatic heterocycles. The molecule has 3 aromatic rings. The Morgan fingerprint density at radius 2 is 1.87 bits per heavy atom. The van der Waals surface area contributed by atoms with Crippen LogP contribution in [0.15, 0.2) is 41.8 Å². The normalized spacial score (nSPS) is 11.1. The molecule has 0 radical (unpaired) electrons. The number of hydrogen-bond donors (Lipinski definition) is 0. The zero-order chi connectivity index (χ0) is 21.2. The van der Waals surface area contributed by atoms with E-state index >= 15 is 0 Å². The molecule has 0 saturated carbocycles. The second kappa shape index (κ2) is 9.86. The molecule has 11 heteroatoms. The second-order valence-corrected chi connectivity index (χ2v) is 6.86. The molecule has 30 heavy (non-hydrogen) atoms. The van der Waals surface area contributed by atoms with Crippen LogP contribution < -0.4 is 39.4 Å². The van der Waals surface area contributed by atoms with Gasteiger partial charge in [-0.25, -0.2) is 13.8 Å². The first-order chi connectivity index (χ1) is 13.6. The largest absolute Gasteiger partial charge is 1.00 e. The van der Waals surface area contributed by atoms with Gasteiger partial charge in [-0.3, -0.25) is 0 Å². The van der Waals surface area contributed by atoms with Gasteiger partial charge in [0.05, 0.1) is 22.2 Å². The Balaban J connectivity index is 0.00000320. The topological polar surface area (TPSA) is 62.2 Å². The number of carbonyl (C=O) groups excluding carboxylic acids is 1. The van der Waals surface area contributed by atoms with Crippen molar-refractivity contribution >= 4 is 17.3 Å². The average Bonchev–Trinajstić information content (AvgIpc) is 3.12. The Morgan fingerprint density at radius 1 is 1.13 bits per heavy atom. The molecule has 0 fully saturated rings. The van der Waals surface area contributed by atoms with E-state index in [9.17, 15) is 31.9 Å². The SMILES string of the molecule is O=C([O-])c1csc(Cc2cc(C(F)(F)F)ccc2OCc2cccc(F)c2F)n1.[Na+]. The third-order valence-electron chi connectivity index (χ3n) is 3.91. The fraction of sp³-hybridized carbons (Fsp3) is 0.158. The second-order valence-electron chi connectivity index (χ2n) is 5.91. The van der Waals surface area contributed by atoms with Gasteiger partial charge in [-0.1, -0.05) is 12.1 Å². The summed E-state index contributed by atoms with van der Waals surface area (Å²) in [5.74, 6) is -3.68. The molecule has 1 heterocycles. The van der Waals surface area contributed by atoms with E-state index in [1.165, 1.54) is 17.5 Å². The summed E-state index contributed by atoms with van der Waals surface area (Å²) in [5.41, 5.74) is -1.31. The van der Waals surface area contributed by atoms with Crippen LogP contribution in [0.25, 0.3) is 0 Å². The fourth-order valence-corrected chi connectivity index (χ4v) is 3.29. The van der Waals surface area contributed by atoms with Gasteiger partial charge >= 0.3 is 35.7 Å². The molecule has 1 aromatic heterocycles. The molecule has 152 valence electrons. The van der Waals surface area contributed by atoms with Crippen LogP contribution in [0.4, 0.5) is 22.0 Å². The number of carbonyl (C=O) groups is 1. The maximum Gasteiger partial charge on any atom is 1.00 e. The number of nitrogens with zero attached hydrogens (tertiary/aromatic N) is 1. The zero-order valence-electron chi connectivity index (χ0n) is 15.4. The van der Waals surface area contributed by atoms with Crippen molar-refractivity contribution in [2.45, 2.75) is 19.2 Å². The first-order valence-corrected chi connectivity index (χ1v) is 8.94. The molecule has 2 aromatic carbocycles. The molecule has 4 nitrogen and oxygen atoms in total. The summed E-state index contributed by atoms with van der Waals surface area (Å²) < 4.78 is 71.7. The quantitative estimate of drug-likeness (QED) is 0.414. The number of thiazole rings is 1. The maximum atomic E-state index is 13.8. The van der Waals surface area contributed by atoms with Gasteiger partial charge in [0.25, 0.3) is 0 Å². The van der Waals surface area contributed by atoms with Crippen molar-refractivity contribution in [2.24, 2.45) is 0 Å². The molecule has 0 unspecified atom stereocenters. The third-order valence-corrected chi connectivity index (χ3v) is 4.75. The van der Waals surface area contributed by atoms with Crippen molar-refractivity contribution in [3.63, 3.8) is 0 Å². The van der Waals surface area contributed by atoms with Crippen molar-refractivity contribution in [1.82, 2.24) is 4.98 Å². The zero-order valence-corrected chi connectivity index (χ0v) is 18.2. The Bertz CT molecular complexity index is 1050. The van der Waals surface area contributed by atoms with Crippen molar-refractivity contribution in [3.8, 4) is 5.75 Å². The van der Waals surface area contributed by atoms with Gasteiger partial charge in [0.2, 0.25) is 0 Å². The van der Waals surface area contributed by atoms with Gasteiger partial charge in [0.1, 0.15) is 12.4 Å². The van der Waals surface area contributed by atoms with E-state index in [1.54, 1.807) is 0 Å². The van der Waals surface area contributed by atoms with E-state index in [1.807, 2.05) is 0 Å². The molecule has 0 N–H and O–H groups in total. The van der Waals surface area contributed by atoms with Gasteiger partial charge < -0.3 is 14.6 Å². The van der Waals surface area contributed by atoms with Crippen molar-refractivity contribution in [2.75, 3.05) is 0 Å². The van der Waals surface area contributed by atoms with E-state index in [0.717, 1.165) is 35.6 Å². The molecule has 0 bridgehead atoms. The van der Waals surface area contributed by atoms with Gasteiger partial charge in [-0.05, 0) is 24.3 Å². The van der Waals surface area contributed by atoms with Crippen LogP contribution >= 0.6 is 11.3 Å². The number of carboxylic acids is 1. The molecule has 0 aliphatic carbocycles. The van der Waals surface area contributed by atoms with E-state index in [0.29, 0.717) is 0 Å². The maximum absolute atomic E-state index is 13.8. The van der Waals surface area contributed by atoms with Crippen LogP contribution in [0.3, 0.4) is 0 Å². The number of rotatable bonds is 6. The number of carboxylic acid groups (broad SMARTS) is 1. The summed E-state index contributed by atoms with van der Waals surface area (Å²) in [4.78, 5) is 14.6.